The Morgan fingerprint density at radius 1 is 1.00 bits per heavy atom. The van der Waals surface area contributed by atoms with E-state index in [1.807, 2.05) is 43.3 Å². The summed E-state index contributed by atoms with van der Waals surface area (Å²) in [4.78, 5) is 0. The average Bonchev–Trinajstić information content (AvgIpc) is 2.29. The molecule has 0 amide bonds. The minimum absolute atomic E-state index is 0.224. The van der Waals surface area contributed by atoms with Crippen LogP contribution in [0.1, 0.15) is 29.5 Å². The highest BCUT2D eigenvalue weighted by Gasteiger charge is 2.11. The number of hydrogen-bond acceptors (Lipinski definition) is 1. The van der Waals surface area contributed by atoms with Crippen molar-refractivity contribution in [3.8, 4) is 5.75 Å². The second kappa shape index (κ2) is 4.40. The van der Waals surface area contributed by atoms with Crippen LogP contribution in [0.2, 0.25) is 0 Å². The predicted octanol–water partition coefficient (Wildman–Crippen LogP) is 3.85. The molecule has 82 valence electrons. The predicted molar refractivity (Wildman–Crippen MR) is 66.8 cm³/mol. The minimum atomic E-state index is 0.224. The Balaban J connectivity index is 2.38. The van der Waals surface area contributed by atoms with Gasteiger partial charge >= 0.3 is 0 Å². The van der Waals surface area contributed by atoms with Crippen LogP contribution in [0.5, 0.6) is 5.75 Å². The summed E-state index contributed by atoms with van der Waals surface area (Å²) < 4.78 is 0. The second-order valence-corrected chi connectivity index (χ2v) is 4.19. The number of aromatic hydroxyl groups is 1. The summed E-state index contributed by atoms with van der Waals surface area (Å²) in [6, 6.07) is 16.1. The molecule has 0 aromatic heterocycles. The molecule has 0 fully saturated rings. The zero-order valence-corrected chi connectivity index (χ0v) is 9.64. The van der Waals surface area contributed by atoms with Crippen molar-refractivity contribution in [3.63, 3.8) is 0 Å². The summed E-state index contributed by atoms with van der Waals surface area (Å²) in [5, 5.41) is 9.92. The van der Waals surface area contributed by atoms with Gasteiger partial charge in [-0.1, -0.05) is 49.4 Å². The maximum Gasteiger partial charge on any atom is 0.119 e. The van der Waals surface area contributed by atoms with Gasteiger partial charge in [0.2, 0.25) is 0 Å². The molecule has 0 bridgehead atoms. The average molecular weight is 212 g/mol. The molecule has 2 rings (SSSR count). The van der Waals surface area contributed by atoms with Crippen LogP contribution >= 0.6 is 0 Å². The lowest BCUT2D eigenvalue weighted by Gasteiger charge is -2.14. The molecule has 0 saturated heterocycles. The molecule has 16 heavy (non-hydrogen) atoms. The third-order valence-electron chi connectivity index (χ3n) is 2.95. The van der Waals surface area contributed by atoms with Gasteiger partial charge in [-0.05, 0) is 24.1 Å². The molecule has 0 radical (unpaired) electrons. The molecular formula is C15H16O. The van der Waals surface area contributed by atoms with Crippen molar-refractivity contribution in [1.82, 2.24) is 0 Å². The largest absolute Gasteiger partial charge is 0.508 e. The van der Waals surface area contributed by atoms with Crippen molar-refractivity contribution in [2.75, 3.05) is 0 Å². The van der Waals surface area contributed by atoms with E-state index >= 15 is 0 Å². The topological polar surface area (TPSA) is 20.2 Å². The van der Waals surface area contributed by atoms with Gasteiger partial charge in [0.1, 0.15) is 5.75 Å². The molecule has 0 aliphatic heterocycles. The molecule has 0 saturated carbocycles. The summed E-state index contributed by atoms with van der Waals surface area (Å²) in [6.45, 7) is 4.09. The third kappa shape index (κ3) is 2.08. The Kier molecular flexibility index (Phi) is 2.95. The van der Waals surface area contributed by atoms with Crippen LogP contribution in [0.4, 0.5) is 0 Å². The van der Waals surface area contributed by atoms with Gasteiger partial charge in [-0.25, -0.2) is 0 Å². The van der Waals surface area contributed by atoms with E-state index < -0.39 is 0 Å². The van der Waals surface area contributed by atoms with Gasteiger partial charge in [-0.3, -0.25) is 0 Å². The first-order valence-electron chi connectivity index (χ1n) is 5.53. The molecule has 1 nitrogen and oxygen atoms in total. The van der Waals surface area contributed by atoms with Crippen molar-refractivity contribution in [2.45, 2.75) is 19.8 Å². The van der Waals surface area contributed by atoms with Crippen LogP contribution in [0.25, 0.3) is 0 Å². The number of benzene rings is 2. The Bertz CT molecular complexity index is 474. The summed E-state index contributed by atoms with van der Waals surface area (Å²) in [6.07, 6.45) is 0. The standard InChI is InChI=1S/C15H16O/c1-11-8-9-14(15(16)10-11)12(2)13-6-4-3-5-7-13/h3-10,12,16H,1-2H3. The Morgan fingerprint density at radius 3 is 2.31 bits per heavy atom. The molecule has 0 heterocycles. The van der Waals surface area contributed by atoms with Crippen molar-refractivity contribution in [1.29, 1.82) is 0 Å². The van der Waals surface area contributed by atoms with Crippen LogP contribution in [-0.2, 0) is 0 Å². The van der Waals surface area contributed by atoms with Gasteiger partial charge in [0.05, 0.1) is 0 Å². The Morgan fingerprint density at radius 2 is 1.69 bits per heavy atom. The normalized spacial score (nSPS) is 12.4. The summed E-state index contributed by atoms with van der Waals surface area (Å²) in [5.41, 5.74) is 3.29. The lowest BCUT2D eigenvalue weighted by molar-refractivity contribution is 0.465. The minimum Gasteiger partial charge on any atom is -0.508 e. The smallest absolute Gasteiger partial charge is 0.119 e. The molecule has 1 unspecified atom stereocenters. The van der Waals surface area contributed by atoms with Crippen molar-refractivity contribution in [2.24, 2.45) is 0 Å². The van der Waals surface area contributed by atoms with Gasteiger partial charge in [0.25, 0.3) is 0 Å². The fraction of sp³-hybridized carbons (Fsp3) is 0.200. The molecule has 2 aromatic carbocycles. The van der Waals surface area contributed by atoms with Crippen molar-refractivity contribution < 1.29 is 5.11 Å². The number of hydrogen-bond donors (Lipinski definition) is 1. The van der Waals surface area contributed by atoms with Crippen LogP contribution in [0.3, 0.4) is 0 Å². The molecule has 0 spiro atoms. The van der Waals surface area contributed by atoms with E-state index in [0.717, 1.165) is 11.1 Å². The number of aryl methyl sites for hydroxylation is 1. The van der Waals surface area contributed by atoms with Gasteiger partial charge in [0.15, 0.2) is 0 Å². The molecule has 2 aromatic rings. The molecule has 1 atom stereocenters. The van der Waals surface area contributed by atoms with E-state index in [9.17, 15) is 5.11 Å². The maximum absolute atomic E-state index is 9.92. The van der Waals surface area contributed by atoms with Gasteiger partial charge < -0.3 is 5.11 Å². The SMILES string of the molecule is Cc1ccc(C(C)c2ccccc2)c(O)c1. The first kappa shape index (κ1) is 10.7. The fourth-order valence-corrected chi connectivity index (χ4v) is 1.94. The van der Waals surface area contributed by atoms with E-state index in [1.165, 1.54) is 5.56 Å². The summed E-state index contributed by atoms with van der Waals surface area (Å²) >= 11 is 0. The number of phenolic OH excluding ortho intramolecular Hbond substituents is 1. The monoisotopic (exact) mass is 212 g/mol. The molecule has 0 aliphatic carbocycles. The molecule has 1 N–H and O–H groups in total. The Labute approximate surface area is 96.4 Å². The summed E-state index contributed by atoms with van der Waals surface area (Å²) in [7, 11) is 0. The van der Waals surface area contributed by atoms with Gasteiger partial charge in [0, 0.05) is 11.5 Å². The van der Waals surface area contributed by atoms with Gasteiger partial charge in [-0.15, -0.1) is 0 Å². The van der Waals surface area contributed by atoms with E-state index in [1.54, 1.807) is 0 Å². The third-order valence-corrected chi connectivity index (χ3v) is 2.95. The Hall–Kier alpha value is -1.76. The van der Waals surface area contributed by atoms with E-state index in [4.69, 9.17) is 0 Å². The molecule has 1 heteroatoms. The van der Waals surface area contributed by atoms with E-state index in [2.05, 4.69) is 19.1 Å². The van der Waals surface area contributed by atoms with Crippen molar-refractivity contribution in [3.05, 3.63) is 65.2 Å². The zero-order valence-electron chi connectivity index (χ0n) is 9.64. The highest BCUT2D eigenvalue weighted by atomic mass is 16.3. The lowest BCUT2D eigenvalue weighted by Crippen LogP contribution is -1.96. The maximum atomic E-state index is 9.92. The quantitative estimate of drug-likeness (QED) is 0.801. The van der Waals surface area contributed by atoms with Crippen LogP contribution in [0, 0.1) is 6.92 Å². The zero-order chi connectivity index (χ0) is 11.5. The van der Waals surface area contributed by atoms with Gasteiger partial charge in [-0.2, -0.15) is 0 Å². The lowest BCUT2D eigenvalue weighted by atomic mass is 9.92. The van der Waals surface area contributed by atoms with E-state index in [0.29, 0.717) is 5.75 Å². The summed E-state index contributed by atoms with van der Waals surface area (Å²) in [5.74, 6) is 0.609. The number of phenols is 1. The van der Waals surface area contributed by atoms with Crippen LogP contribution in [-0.4, -0.2) is 5.11 Å². The first-order valence-corrected chi connectivity index (χ1v) is 5.53. The highest BCUT2D eigenvalue weighted by Crippen LogP contribution is 2.31. The first-order chi connectivity index (χ1) is 7.68. The van der Waals surface area contributed by atoms with Crippen LogP contribution in [0.15, 0.2) is 48.5 Å². The van der Waals surface area contributed by atoms with Crippen molar-refractivity contribution >= 4 is 0 Å². The number of rotatable bonds is 2. The van der Waals surface area contributed by atoms with Crippen LogP contribution < -0.4 is 0 Å². The molecule has 0 aliphatic rings. The molecular weight excluding hydrogens is 196 g/mol. The second-order valence-electron chi connectivity index (χ2n) is 4.19. The fourth-order valence-electron chi connectivity index (χ4n) is 1.94. The highest BCUT2D eigenvalue weighted by molar-refractivity contribution is 5.42. The van der Waals surface area contributed by atoms with E-state index in [-0.39, 0.29) is 5.92 Å².